The molecule has 4 nitrogen and oxygen atoms in total. The number of fused-ring (bicyclic) bond motifs is 2. The Morgan fingerprint density at radius 3 is 3.06 bits per heavy atom. The first-order valence-corrected chi connectivity index (χ1v) is 5.48. The minimum atomic E-state index is -0.0319. The Hall–Kier alpha value is -1.84. The lowest BCUT2D eigenvalue weighted by atomic mass is 10.1. The number of aryl methyl sites for hydroxylation is 1. The van der Waals surface area contributed by atoms with Crippen molar-refractivity contribution in [3.05, 3.63) is 34.4 Å². The molecule has 1 aromatic heterocycles. The van der Waals surface area contributed by atoms with Crippen LogP contribution in [0.2, 0.25) is 0 Å². The molecule has 0 unspecified atom stereocenters. The lowest BCUT2D eigenvalue weighted by Gasteiger charge is -2.17. The molecule has 0 saturated heterocycles. The Morgan fingerprint density at radius 2 is 2.19 bits per heavy atom. The van der Waals surface area contributed by atoms with Crippen LogP contribution in [-0.4, -0.2) is 14.7 Å². The summed E-state index contributed by atoms with van der Waals surface area (Å²) in [7, 11) is 0. The molecule has 0 amide bonds. The lowest BCUT2D eigenvalue weighted by molar-refractivity contribution is 0.475. The predicted octanol–water partition coefficient (Wildman–Crippen LogP) is 1.44. The van der Waals surface area contributed by atoms with Gasteiger partial charge in [-0.05, 0) is 31.0 Å². The number of benzene rings is 1. The molecule has 1 aliphatic rings. The summed E-state index contributed by atoms with van der Waals surface area (Å²) in [6.07, 6.45) is 2.99. The van der Waals surface area contributed by atoms with Crippen molar-refractivity contribution in [3.8, 4) is 5.75 Å². The van der Waals surface area contributed by atoms with E-state index in [1.54, 1.807) is 16.7 Å². The van der Waals surface area contributed by atoms with Crippen LogP contribution in [-0.2, 0) is 13.0 Å². The van der Waals surface area contributed by atoms with Gasteiger partial charge in [-0.25, -0.2) is 4.98 Å². The number of hydrogen-bond donors (Lipinski definition) is 1. The van der Waals surface area contributed by atoms with Crippen molar-refractivity contribution in [3.63, 3.8) is 0 Å². The second-order valence-electron chi connectivity index (χ2n) is 4.14. The van der Waals surface area contributed by atoms with Gasteiger partial charge in [-0.3, -0.25) is 9.36 Å². The standard InChI is InChI=1S/C12H12N2O2/c15-8-4-5-10-9(7-8)12(16)14-6-2-1-3-11(14)13-10/h4-5,7,15H,1-3,6H2. The number of aromatic nitrogens is 2. The Labute approximate surface area is 92.2 Å². The number of nitrogens with zero attached hydrogens (tertiary/aromatic N) is 2. The third-order valence-electron chi connectivity index (χ3n) is 3.05. The van der Waals surface area contributed by atoms with E-state index in [4.69, 9.17) is 0 Å². The highest BCUT2D eigenvalue weighted by molar-refractivity contribution is 5.79. The predicted molar refractivity (Wildman–Crippen MR) is 60.6 cm³/mol. The van der Waals surface area contributed by atoms with Crippen LogP contribution in [0.15, 0.2) is 23.0 Å². The van der Waals surface area contributed by atoms with Gasteiger partial charge in [-0.2, -0.15) is 0 Å². The molecule has 82 valence electrons. The average Bonchev–Trinajstić information content (AvgIpc) is 2.31. The van der Waals surface area contributed by atoms with Crippen LogP contribution in [0.1, 0.15) is 18.7 Å². The van der Waals surface area contributed by atoms with Gasteiger partial charge in [0, 0.05) is 13.0 Å². The van der Waals surface area contributed by atoms with Gasteiger partial charge in [0.2, 0.25) is 0 Å². The summed E-state index contributed by atoms with van der Waals surface area (Å²) in [4.78, 5) is 16.6. The van der Waals surface area contributed by atoms with E-state index in [-0.39, 0.29) is 11.3 Å². The summed E-state index contributed by atoms with van der Waals surface area (Å²) in [5, 5.41) is 9.89. The molecule has 0 atom stereocenters. The Balaban J connectivity index is 2.40. The van der Waals surface area contributed by atoms with Gasteiger partial charge < -0.3 is 5.11 Å². The van der Waals surface area contributed by atoms with E-state index in [0.29, 0.717) is 10.9 Å². The minimum Gasteiger partial charge on any atom is -0.508 e. The highest BCUT2D eigenvalue weighted by Crippen LogP contribution is 2.18. The first-order valence-electron chi connectivity index (χ1n) is 5.48. The van der Waals surface area contributed by atoms with Crippen LogP contribution in [0.25, 0.3) is 10.9 Å². The maximum Gasteiger partial charge on any atom is 0.261 e. The summed E-state index contributed by atoms with van der Waals surface area (Å²) in [5.41, 5.74) is 0.645. The van der Waals surface area contributed by atoms with E-state index in [2.05, 4.69) is 4.98 Å². The van der Waals surface area contributed by atoms with Gasteiger partial charge in [-0.15, -0.1) is 0 Å². The molecule has 0 saturated carbocycles. The van der Waals surface area contributed by atoms with Gasteiger partial charge in [-0.1, -0.05) is 0 Å². The highest BCUT2D eigenvalue weighted by Gasteiger charge is 2.14. The molecule has 3 rings (SSSR count). The third-order valence-corrected chi connectivity index (χ3v) is 3.05. The summed E-state index contributed by atoms with van der Waals surface area (Å²) in [5.74, 6) is 0.984. The number of aromatic hydroxyl groups is 1. The molecule has 2 heterocycles. The van der Waals surface area contributed by atoms with Crippen LogP contribution >= 0.6 is 0 Å². The molecule has 2 aromatic rings. The third kappa shape index (κ3) is 1.30. The minimum absolute atomic E-state index is 0.0319. The maximum atomic E-state index is 12.1. The first-order chi connectivity index (χ1) is 7.75. The molecular formula is C12H12N2O2. The molecule has 4 heteroatoms. The summed E-state index contributed by atoms with van der Waals surface area (Å²) < 4.78 is 1.73. The second-order valence-corrected chi connectivity index (χ2v) is 4.14. The van der Waals surface area contributed by atoms with E-state index in [9.17, 15) is 9.90 Å². The van der Waals surface area contributed by atoms with Gasteiger partial charge in [0.05, 0.1) is 10.9 Å². The molecule has 0 bridgehead atoms. The normalized spacial score (nSPS) is 15.0. The van der Waals surface area contributed by atoms with Gasteiger partial charge in [0.25, 0.3) is 5.56 Å². The van der Waals surface area contributed by atoms with E-state index in [0.717, 1.165) is 31.6 Å². The number of rotatable bonds is 0. The molecule has 0 aliphatic carbocycles. The molecule has 1 N–H and O–H groups in total. The Bertz CT molecular complexity index is 616. The topological polar surface area (TPSA) is 55.1 Å². The fraction of sp³-hybridized carbons (Fsp3) is 0.333. The molecule has 0 fully saturated rings. The highest BCUT2D eigenvalue weighted by atomic mass is 16.3. The zero-order chi connectivity index (χ0) is 11.1. The van der Waals surface area contributed by atoms with Crippen LogP contribution in [0.3, 0.4) is 0 Å². The molecular weight excluding hydrogens is 204 g/mol. The van der Waals surface area contributed by atoms with Crippen molar-refractivity contribution in [2.45, 2.75) is 25.8 Å². The number of phenolic OH excluding ortho intramolecular Hbond substituents is 1. The average molecular weight is 216 g/mol. The quantitative estimate of drug-likeness (QED) is 0.725. The van der Waals surface area contributed by atoms with E-state index < -0.39 is 0 Å². The van der Waals surface area contributed by atoms with E-state index >= 15 is 0 Å². The molecule has 1 aliphatic heterocycles. The summed E-state index contributed by atoms with van der Waals surface area (Å²) >= 11 is 0. The van der Waals surface area contributed by atoms with Gasteiger partial charge >= 0.3 is 0 Å². The van der Waals surface area contributed by atoms with Crippen LogP contribution in [0.5, 0.6) is 5.75 Å². The fourth-order valence-corrected chi connectivity index (χ4v) is 2.23. The summed E-state index contributed by atoms with van der Waals surface area (Å²) in [6, 6.07) is 4.75. The summed E-state index contributed by atoms with van der Waals surface area (Å²) in [6.45, 7) is 0.743. The SMILES string of the molecule is O=c1c2cc(O)ccc2nc2n1CCCC2. The number of hydrogen-bond acceptors (Lipinski definition) is 3. The van der Waals surface area contributed by atoms with Crippen molar-refractivity contribution in [1.82, 2.24) is 9.55 Å². The first kappa shape index (κ1) is 9.39. The lowest BCUT2D eigenvalue weighted by Crippen LogP contribution is -2.28. The largest absolute Gasteiger partial charge is 0.508 e. The van der Waals surface area contributed by atoms with Crippen molar-refractivity contribution in [2.24, 2.45) is 0 Å². The Morgan fingerprint density at radius 1 is 1.31 bits per heavy atom. The van der Waals surface area contributed by atoms with E-state index in [1.807, 2.05) is 0 Å². The maximum absolute atomic E-state index is 12.1. The van der Waals surface area contributed by atoms with Gasteiger partial charge in [0.15, 0.2) is 0 Å². The molecule has 0 radical (unpaired) electrons. The number of phenols is 1. The van der Waals surface area contributed by atoms with Gasteiger partial charge in [0.1, 0.15) is 11.6 Å². The smallest absolute Gasteiger partial charge is 0.261 e. The molecule has 1 aromatic carbocycles. The second kappa shape index (κ2) is 3.33. The zero-order valence-electron chi connectivity index (χ0n) is 8.81. The van der Waals surface area contributed by atoms with Crippen molar-refractivity contribution < 1.29 is 5.11 Å². The van der Waals surface area contributed by atoms with Crippen LogP contribution in [0.4, 0.5) is 0 Å². The Kier molecular flexibility index (Phi) is 1.96. The van der Waals surface area contributed by atoms with Crippen molar-refractivity contribution in [1.29, 1.82) is 0 Å². The zero-order valence-corrected chi connectivity index (χ0v) is 8.81. The van der Waals surface area contributed by atoms with E-state index in [1.165, 1.54) is 6.07 Å². The van der Waals surface area contributed by atoms with Crippen molar-refractivity contribution in [2.75, 3.05) is 0 Å². The van der Waals surface area contributed by atoms with Crippen LogP contribution in [0, 0.1) is 0 Å². The molecule has 0 spiro atoms. The fourth-order valence-electron chi connectivity index (χ4n) is 2.23. The van der Waals surface area contributed by atoms with Crippen LogP contribution < -0.4 is 5.56 Å². The van der Waals surface area contributed by atoms with Crippen molar-refractivity contribution >= 4 is 10.9 Å². The molecule has 16 heavy (non-hydrogen) atoms. The monoisotopic (exact) mass is 216 g/mol.